The van der Waals surface area contributed by atoms with Gasteiger partial charge in [-0.3, -0.25) is 4.90 Å². The molecule has 0 amide bonds. The molecule has 0 aromatic heterocycles. The lowest BCUT2D eigenvalue weighted by Gasteiger charge is -2.22. The average Bonchev–Trinajstić information content (AvgIpc) is 2.52. The molecule has 0 aliphatic rings. The fourth-order valence-electron chi connectivity index (χ4n) is 2.21. The van der Waals surface area contributed by atoms with E-state index < -0.39 is 0 Å². The summed E-state index contributed by atoms with van der Waals surface area (Å²) in [5.74, 6) is 0. The van der Waals surface area contributed by atoms with Crippen LogP contribution in [-0.4, -0.2) is 52.0 Å². The third-order valence-electron chi connectivity index (χ3n) is 3.44. The maximum Gasteiger partial charge on any atom is 0.0589 e. The van der Waals surface area contributed by atoms with Crippen LogP contribution in [0.5, 0.6) is 0 Å². The van der Waals surface area contributed by atoms with Crippen LogP contribution in [0.4, 0.5) is 0 Å². The van der Waals surface area contributed by atoms with E-state index in [9.17, 15) is 0 Å². The molecule has 120 valence electrons. The van der Waals surface area contributed by atoms with Crippen molar-refractivity contribution < 1.29 is 9.47 Å². The van der Waals surface area contributed by atoms with Gasteiger partial charge in [-0.15, -0.1) is 0 Å². The molecule has 0 bridgehead atoms. The highest BCUT2D eigenvalue weighted by molar-refractivity contribution is 5.22. The Morgan fingerprint density at radius 2 is 1.62 bits per heavy atom. The molecule has 1 aromatic rings. The summed E-state index contributed by atoms with van der Waals surface area (Å²) in [6.45, 7) is 8.62. The van der Waals surface area contributed by atoms with Gasteiger partial charge in [0.25, 0.3) is 0 Å². The van der Waals surface area contributed by atoms with Crippen molar-refractivity contribution in [2.75, 3.05) is 47.1 Å². The van der Waals surface area contributed by atoms with Gasteiger partial charge in [0, 0.05) is 47.0 Å². The van der Waals surface area contributed by atoms with Crippen molar-refractivity contribution >= 4 is 0 Å². The van der Waals surface area contributed by atoms with Gasteiger partial charge >= 0.3 is 0 Å². The van der Waals surface area contributed by atoms with Crippen molar-refractivity contribution in [2.45, 2.75) is 26.4 Å². The first-order valence-corrected chi connectivity index (χ1v) is 7.79. The molecule has 0 spiro atoms. The van der Waals surface area contributed by atoms with E-state index >= 15 is 0 Å². The molecule has 0 heterocycles. The highest BCUT2D eigenvalue weighted by atomic mass is 16.5. The number of ether oxygens (including phenoxy) is 2. The van der Waals surface area contributed by atoms with Gasteiger partial charge < -0.3 is 14.8 Å². The summed E-state index contributed by atoms with van der Waals surface area (Å²) in [5.41, 5.74) is 2.69. The molecular formula is C17H30N2O2. The molecule has 21 heavy (non-hydrogen) atoms. The largest absolute Gasteiger partial charge is 0.385 e. The third-order valence-corrected chi connectivity index (χ3v) is 3.44. The fourth-order valence-corrected chi connectivity index (χ4v) is 2.21. The second kappa shape index (κ2) is 11.7. The predicted molar refractivity (Wildman–Crippen MR) is 87.5 cm³/mol. The Balaban J connectivity index is 2.47. The zero-order valence-corrected chi connectivity index (χ0v) is 13.7. The number of benzene rings is 1. The minimum absolute atomic E-state index is 0.769. The van der Waals surface area contributed by atoms with Crippen molar-refractivity contribution in [1.82, 2.24) is 10.2 Å². The van der Waals surface area contributed by atoms with E-state index in [1.165, 1.54) is 11.1 Å². The van der Waals surface area contributed by atoms with E-state index in [0.29, 0.717) is 0 Å². The van der Waals surface area contributed by atoms with E-state index in [4.69, 9.17) is 9.47 Å². The lowest BCUT2D eigenvalue weighted by atomic mass is 10.1. The molecule has 4 heteroatoms. The summed E-state index contributed by atoms with van der Waals surface area (Å²) < 4.78 is 10.3. The normalized spacial score (nSPS) is 11.2. The second-order valence-corrected chi connectivity index (χ2v) is 5.21. The molecule has 0 unspecified atom stereocenters. The molecule has 0 radical (unpaired) electrons. The molecule has 0 aliphatic carbocycles. The monoisotopic (exact) mass is 294 g/mol. The molecule has 0 saturated heterocycles. The van der Waals surface area contributed by atoms with E-state index in [1.807, 2.05) is 0 Å². The number of nitrogens with one attached hydrogen (secondary N) is 1. The molecule has 1 aromatic carbocycles. The summed E-state index contributed by atoms with van der Waals surface area (Å²) in [7, 11) is 3.51. The SMILES string of the molecule is CCNCc1ccc(CN(CCCOC)CCOC)cc1. The first-order valence-electron chi connectivity index (χ1n) is 7.79. The molecule has 1 rings (SSSR count). The maximum atomic E-state index is 5.20. The van der Waals surface area contributed by atoms with Gasteiger partial charge in [0.05, 0.1) is 6.61 Å². The molecule has 0 saturated carbocycles. The van der Waals surface area contributed by atoms with Crippen molar-refractivity contribution in [3.05, 3.63) is 35.4 Å². The Hall–Kier alpha value is -0.940. The molecular weight excluding hydrogens is 264 g/mol. The molecule has 4 nitrogen and oxygen atoms in total. The lowest BCUT2D eigenvalue weighted by Crippen LogP contribution is -2.28. The van der Waals surface area contributed by atoms with Crippen LogP contribution in [0.25, 0.3) is 0 Å². The minimum Gasteiger partial charge on any atom is -0.385 e. The van der Waals surface area contributed by atoms with Crippen LogP contribution in [0.15, 0.2) is 24.3 Å². The molecule has 0 fully saturated rings. The standard InChI is InChI=1S/C17H30N2O2/c1-4-18-14-16-6-8-17(9-7-16)15-19(11-13-21-3)10-5-12-20-2/h6-9,18H,4-5,10-15H2,1-3H3. The van der Waals surface area contributed by atoms with E-state index in [2.05, 4.69) is 41.4 Å². The van der Waals surface area contributed by atoms with Gasteiger partial charge in [0.15, 0.2) is 0 Å². The minimum atomic E-state index is 0.769. The fraction of sp³-hybridized carbons (Fsp3) is 0.647. The van der Waals surface area contributed by atoms with E-state index in [0.717, 1.165) is 52.4 Å². The maximum absolute atomic E-state index is 5.20. The Morgan fingerprint density at radius 3 is 2.24 bits per heavy atom. The summed E-state index contributed by atoms with van der Waals surface area (Å²) >= 11 is 0. The van der Waals surface area contributed by atoms with Gasteiger partial charge in [-0.2, -0.15) is 0 Å². The Kier molecular flexibility index (Phi) is 10.1. The second-order valence-electron chi connectivity index (χ2n) is 5.21. The van der Waals surface area contributed by atoms with Crippen LogP contribution in [0.3, 0.4) is 0 Å². The number of hydrogen-bond acceptors (Lipinski definition) is 4. The Labute approximate surface area is 129 Å². The smallest absolute Gasteiger partial charge is 0.0589 e. The number of rotatable bonds is 12. The summed E-state index contributed by atoms with van der Waals surface area (Å²) in [6.07, 6.45) is 1.05. The zero-order valence-electron chi connectivity index (χ0n) is 13.7. The van der Waals surface area contributed by atoms with Crippen LogP contribution in [0.1, 0.15) is 24.5 Å². The van der Waals surface area contributed by atoms with Gasteiger partial charge in [0.2, 0.25) is 0 Å². The van der Waals surface area contributed by atoms with Crippen LogP contribution in [0, 0.1) is 0 Å². The lowest BCUT2D eigenvalue weighted by molar-refractivity contribution is 0.129. The van der Waals surface area contributed by atoms with Crippen LogP contribution < -0.4 is 5.32 Å². The van der Waals surface area contributed by atoms with E-state index in [1.54, 1.807) is 14.2 Å². The van der Waals surface area contributed by atoms with Crippen molar-refractivity contribution in [1.29, 1.82) is 0 Å². The van der Waals surface area contributed by atoms with Crippen molar-refractivity contribution in [3.63, 3.8) is 0 Å². The highest BCUT2D eigenvalue weighted by Crippen LogP contribution is 2.08. The topological polar surface area (TPSA) is 33.7 Å². The highest BCUT2D eigenvalue weighted by Gasteiger charge is 2.06. The van der Waals surface area contributed by atoms with Crippen LogP contribution >= 0.6 is 0 Å². The van der Waals surface area contributed by atoms with Crippen molar-refractivity contribution in [3.8, 4) is 0 Å². The third kappa shape index (κ3) is 8.17. The Morgan fingerprint density at radius 1 is 0.952 bits per heavy atom. The first-order chi connectivity index (χ1) is 10.3. The first kappa shape index (κ1) is 18.1. The number of hydrogen-bond donors (Lipinski definition) is 1. The molecule has 0 aliphatic heterocycles. The van der Waals surface area contributed by atoms with Gasteiger partial charge in [-0.25, -0.2) is 0 Å². The van der Waals surface area contributed by atoms with Gasteiger partial charge in [-0.05, 0) is 24.1 Å². The van der Waals surface area contributed by atoms with E-state index in [-0.39, 0.29) is 0 Å². The summed E-state index contributed by atoms with van der Waals surface area (Å²) in [4.78, 5) is 2.42. The zero-order chi connectivity index (χ0) is 15.3. The van der Waals surface area contributed by atoms with Crippen LogP contribution in [-0.2, 0) is 22.6 Å². The quantitative estimate of drug-likeness (QED) is 0.600. The number of nitrogens with zero attached hydrogens (tertiary/aromatic N) is 1. The van der Waals surface area contributed by atoms with Gasteiger partial charge in [0.1, 0.15) is 0 Å². The summed E-state index contributed by atoms with van der Waals surface area (Å²) in [6, 6.07) is 8.87. The average molecular weight is 294 g/mol. The van der Waals surface area contributed by atoms with Crippen LogP contribution in [0.2, 0.25) is 0 Å². The van der Waals surface area contributed by atoms with Crippen molar-refractivity contribution in [2.24, 2.45) is 0 Å². The summed E-state index contributed by atoms with van der Waals surface area (Å²) in [5, 5.41) is 3.35. The Bertz CT molecular complexity index is 354. The molecule has 1 N–H and O–H groups in total. The molecule has 0 atom stereocenters. The van der Waals surface area contributed by atoms with Gasteiger partial charge in [-0.1, -0.05) is 31.2 Å². The predicted octanol–water partition coefficient (Wildman–Crippen LogP) is 2.28. The number of methoxy groups -OCH3 is 2.